The summed E-state index contributed by atoms with van der Waals surface area (Å²) in [7, 11) is 2.15. The van der Waals surface area contributed by atoms with Crippen molar-refractivity contribution in [1.29, 1.82) is 0 Å². The van der Waals surface area contributed by atoms with Gasteiger partial charge >= 0.3 is 0 Å². The minimum atomic E-state index is 0.0413. The Balaban J connectivity index is 1.82. The molecule has 0 saturated carbocycles. The first-order valence-corrected chi connectivity index (χ1v) is 7.45. The van der Waals surface area contributed by atoms with Gasteiger partial charge in [0.25, 0.3) is 5.91 Å². The molecular weight excluding hydrogens is 339 g/mol. The molecule has 1 atom stereocenters. The number of nitrogens with one attached hydrogen (secondary N) is 1. The number of hydrogen-bond donors (Lipinski definition) is 1. The molecule has 1 N–H and O–H groups in total. The largest absolute Gasteiger partial charge is 0.352 e. The van der Waals surface area contributed by atoms with Crippen LogP contribution in [0.5, 0.6) is 0 Å². The molecule has 18 heavy (non-hydrogen) atoms. The summed E-state index contributed by atoms with van der Waals surface area (Å²) in [6, 6.07) is 7.68. The van der Waals surface area contributed by atoms with Crippen molar-refractivity contribution in [1.82, 2.24) is 10.2 Å². The van der Waals surface area contributed by atoms with Crippen molar-refractivity contribution in [2.75, 3.05) is 26.7 Å². The first-order valence-electron chi connectivity index (χ1n) is 6.37. The molecule has 1 unspecified atom stereocenters. The fourth-order valence-corrected chi connectivity index (χ4v) is 2.74. The van der Waals surface area contributed by atoms with E-state index in [1.807, 2.05) is 24.3 Å². The smallest absolute Gasteiger partial charge is 0.251 e. The second-order valence-electron chi connectivity index (χ2n) is 4.99. The number of carbonyl (C=O) groups excluding carboxylic acids is 1. The van der Waals surface area contributed by atoms with Crippen LogP contribution in [0.15, 0.2) is 24.3 Å². The maximum absolute atomic E-state index is 12.0. The van der Waals surface area contributed by atoms with E-state index in [-0.39, 0.29) is 5.91 Å². The van der Waals surface area contributed by atoms with E-state index < -0.39 is 0 Å². The van der Waals surface area contributed by atoms with E-state index >= 15 is 0 Å². The molecule has 0 bridgehead atoms. The lowest BCUT2D eigenvalue weighted by Crippen LogP contribution is -2.39. The maximum atomic E-state index is 12.0. The number of piperidine rings is 1. The summed E-state index contributed by atoms with van der Waals surface area (Å²) in [5.41, 5.74) is 0.750. The highest BCUT2D eigenvalue weighted by molar-refractivity contribution is 14.1. The minimum absolute atomic E-state index is 0.0413. The van der Waals surface area contributed by atoms with Crippen LogP contribution in [0.25, 0.3) is 0 Å². The van der Waals surface area contributed by atoms with Crippen molar-refractivity contribution in [3.63, 3.8) is 0 Å². The van der Waals surface area contributed by atoms with E-state index in [4.69, 9.17) is 0 Å². The van der Waals surface area contributed by atoms with E-state index in [2.05, 4.69) is 39.9 Å². The van der Waals surface area contributed by atoms with E-state index in [1.165, 1.54) is 19.4 Å². The van der Waals surface area contributed by atoms with Crippen LogP contribution >= 0.6 is 22.6 Å². The van der Waals surface area contributed by atoms with Crippen molar-refractivity contribution in [3.05, 3.63) is 33.4 Å². The first-order chi connectivity index (χ1) is 8.65. The third-order valence-corrected chi connectivity index (χ3v) is 4.10. The predicted octanol–water partition coefficient (Wildman–Crippen LogP) is 2.36. The van der Waals surface area contributed by atoms with Gasteiger partial charge in [0.15, 0.2) is 0 Å². The van der Waals surface area contributed by atoms with Gasteiger partial charge in [0, 0.05) is 22.2 Å². The summed E-state index contributed by atoms with van der Waals surface area (Å²) >= 11 is 2.24. The molecule has 0 spiro atoms. The number of benzene rings is 1. The molecule has 1 aliphatic heterocycles. The molecule has 1 amide bonds. The monoisotopic (exact) mass is 358 g/mol. The number of rotatable bonds is 3. The zero-order valence-corrected chi connectivity index (χ0v) is 12.8. The summed E-state index contributed by atoms with van der Waals surface area (Å²) in [5, 5.41) is 3.04. The van der Waals surface area contributed by atoms with Gasteiger partial charge in [-0.1, -0.05) is 0 Å². The van der Waals surface area contributed by atoms with Gasteiger partial charge in [-0.2, -0.15) is 0 Å². The Morgan fingerprint density at radius 2 is 2.17 bits per heavy atom. The molecule has 0 aliphatic carbocycles. The molecule has 1 fully saturated rings. The second-order valence-corrected chi connectivity index (χ2v) is 6.23. The van der Waals surface area contributed by atoms with Crippen LogP contribution < -0.4 is 5.32 Å². The lowest BCUT2D eigenvalue weighted by molar-refractivity contribution is 0.0937. The van der Waals surface area contributed by atoms with Gasteiger partial charge in [-0.05, 0) is 79.2 Å². The highest BCUT2D eigenvalue weighted by Gasteiger charge is 2.17. The molecule has 1 saturated heterocycles. The second kappa shape index (κ2) is 6.52. The SMILES string of the molecule is CN1CCCC(CNC(=O)c2ccc(I)cc2)C1. The standard InChI is InChI=1S/C14H19IN2O/c1-17-8-2-3-11(10-17)9-16-14(18)12-4-6-13(15)7-5-12/h4-7,11H,2-3,8-10H2,1H3,(H,16,18). The summed E-state index contributed by atoms with van der Waals surface area (Å²) < 4.78 is 1.15. The minimum Gasteiger partial charge on any atom is -0.352 e. The molecule has 1 heterocycles. The van der Waals surface area contributed by atoms with Gasteiger partial charge in [-0.15, -0.1) is 0 Å². The number of hydrogen-bond acceptors (Lipinski definition) is 2. The number of halogens is 1. The molecule has 1 aromatic rings. The average Bonchev–Trinajstić information content (AvgIpc) is 2.37. The van der Waals surface area contributed by atoms with Gasteiger partial charge in [0.2, 0.25) is 0 Å². The highest BCUT2D eigenvalue weighted by atomic mass is 127. The topological polar surface area (TPSA) is 32.3 Å². The molecule has 0 radical (unpaired) electrons. The van der Waals surface area contributed by atoms with Gasteiger partial charge < -0.3 is 10.2 Å². The Labute approximate surface area is 122 Å². The lowest BCUT2D eigenvalue weighted by atomic mass is 9.98. The van der Waals surface area contributed by atoms with Crippen molar-refractivity contribution in [2.24, 2.45) is 5.92 Å². The lowest BCUT2D eigenvalue weighted by Gasteiger charge is -2.29. The first kappa shape index (κ1) is 13.8. The molecular formula is C14H19IN2O. The summed E-state index contributed by atoms with van der Waals surface area (Å²) in [6.45, 7) is 3.06. The normalized spacial score (nSPS) is 20.7. The Morgan fingerprint density at radius 1 is 1.44 bits per heavy atom. The average molecular weight is 358 g/mol. The Bertz CT molecular complexity index is 405. The Kier molecular flexibility index (Phi) is 5.00. The van der Waals surface area contributed by atoms with Crippen LogP contribution in [-0.2, 0) is 0 Å². The molecule has 2 rings (SSSR count). The van der Waals surface area contributed by atoms with E-state index in [0.717, 1.165) is 22.2 Å². The molecule has 1 aliphatic rings. The van der Waals surface area contributed by atoms with Gasteiger partial charge in [-0.3, -0.25) is 4.79 Å². The molecule has 3 nitrogen and oxygen atoms in total. The summed E-state index contributed by atoms with van der Waals surface area (Å²) in [4.78, 5) is 14.3. The number of nitrogens with zero attached hydrogens (tertiary/aromatic N) is 1. The van der Waals surface area contributed by atoms with Crippen molar-refractivity contribution in [2.45, 2.75) is 12.8 Å². The van der Waals surface area contributed by atoms with Crippen LogP contribution in [-0.4, -0.2) is 37.5 Å². The van der Waals surface area contributed by atoms with Crippen LogP contribution in [0.1, 0.15) is 23.2 Å². The molecule has 98 valence electrons. The third kappa shape index (κ3) is 3.95. The van der Waals surface area contributed by atoms with Crippen molar-refractivity contribution < 1.29 is 4.79 Å². The fraction of sp³-hybridized carbons (Fsp3) is 0.500. The Hall–Kier alpha value is -0.620. The molecule has 0 aromatic heterocycles. The van der Waals surface area contributed by atoms with Crippen LogP contribution in [0.3, 0.4) is 0 Å². The predicted molar refractivity (Wildman–Crippen MR) is 81.7 cm³/mol. The Morgan fingerprint density at radius 3 is 2.83 bits per heavy atom. The van der Waals surface area contributed by atoms with Gasteiger partial charge in [0.1, 0.15) is 0 Å². The van der Waals surface area contributed by atoms with Crippen molar-refractivity contribution >= 4 is 28.5 Å². The summed E-state index contributed by atoms with van der Waals surface area (Å²) in [6.07, 6.45) is 2.46. The van der Waals surface area contributed by atoms with Crippen LogP contribution in [0, 0.1) is 9.49 Å². The molecule has 1 aromatic carbocycles. The zero-order valence-electron chi connectivity index (χ0n) is 10.7. The number of amides is 1. The maximum Gasteiger partial charge on any atom is 0.251 e. The zero-order chi connectivity index (χ0) is 13.0. The van der Waals surface area contributed by atoms with Crippen LogP contribution in [0.2, 0.25) is 0 Å². The quantitative estimate of drug-likeness (QED) is 0.842. The summed E-state index contributed by atoms with van der Waals surface area (Å²) in [5.74, 6) is 0.635. The van der Waals surface area contributed by atoms with E-state index in [9.17, 15) is 4.79 Å². The van der Waals surface area contributed by atoms with Gasteiger partial charge in [-0.25, -0.2) is 0 Å². The third-order valence-electron chi connectivity index (χ3n) is 3.38. The molecule has 4 heteroatoms. The highest BCUT2D eigenvalue weighted by Crippen LogP contribution is 2.14. The van der Waals surface area contributed by atoms with E-state index in [0.29, 0.717) is 5.92 Å². The van der Waals surface area contributed by atoms with Crippen molar-refractivity contribution in [3.8, 4) is 0 Å². The van der Waals surface area contributed by atoms with Gasteiger partial charge in [0.05, 0.1) is 0 Å². The number of carbonyl (C=O) groups is 1. The fourth-order valence-electron chi connectivity index (χ4n) is 2.38. The van der Waals surface area contributed by atoms with Crippen LogP contribution in [0.4, 0.5) is 0 Å². The van der Waals surface area contributed by atoms with E-state index in [1.54, 1.807) is 0 Å². The number of likely N-dealkylation sites (tertiary alicyclic amines) is 1.